The van der Waals surface area contributed by atoms with Gasteiger partial charge >= 0.3 is 0 Å². The Morgan fingerprint density at radius 1 is 1.19 bits per heavy atom. The number of hydrogen-bond acceptors (Lipinski definition) is 8. The maximum absolute atomic E-state index is 10.1. The standard InChI is InChI=1S/C27H31N7O3/c1-18-7-22(15-32(18)13-19-5-6-25(36-4)29-10-19)33-14-21(12-30-33)24-8-23(37-17-27(2,3)35)16-34-26(24)20(9-28)11-31-34/h5-6,8,10-12,14,16,18,22,35H,7,13,15,17H2,1-4H3/t18-,22+/m1/s1. The first-order chi connectivity index (χ1) is 17.7. The summed E-state index contributed by atoms with van der Waals surface area (Å²) in [5.74, 6) is 1.17. The lowest BCUT2D eigenvalue weighted by molar-refractivity contribution is 0.0283. The van der Waals surface area contributed by atoms with Crippen molar-refractivity contribution in [1.29, 1.82) is 5.26 Å². The van der Waals surface area contributed by atoms with Crippen molar-refractivity contribution in [3.8, 4) is 28.8 Å². The molecular formula is C27H31N7O3. The van der Waals surface area contributed by atoms with Crippen LogP contribution in [0, 0.1) is 11.3 Å². The van der Waals surface area contributed by atoms with Crippen LogP contribution in [0.2, 0.25) is 0 Å². The first-order valence-electron chi connectivity index (χ1n) is 12.3. The van der Waals surface area contributed by atoms with Crippen molar-refractivity contribution in [1.82, 2.24) is 29.3 Å². The molecule has 0 bridgehead atoms. The molecule has 5 heterocycles. The van der Waals surface area contributed by atoms with E-state index in [1.807, 2.05) is 35.4 Å². The normalized spacial score (nSPS) is 18.3. The SMILES string of the molecule is COc1ccc(CN2C[C@@H](n3cc(-c4cc(OCC(C)(C)O)cn5ncc(C#N)c45)cn3)C[C@H]2C)cn1. The number of nitrogens with zero attached hydrogens (tertiary/aromatic N) is 7. The Kier molecular flexibility index (Phi) is 6.58. The summed E-state index contributed by atoms with van der Waals surface area (Å²) in [6.45, 7) is 7.42. The smallest absolute Gasteiger partial charge is 0.212 e. The van der Waals surface area contributed by atoms with E-state index in [-0.39, 0.29) is 12.6 Å². The van der Waals surface area contributed by atoms with Crippen LogP contribution in [-0.2, 0) is 6.54 Å². The number of hydrogen-bond donors (Lipinski definition) is 1. The maximum atomic E-state index is 10.1. The van der Waals surface area contributed by atoms with Crippen molar-refractivity contribution in [2.45, 2.75) is 51.4 Å². The summed E-state index contributed by atoms with van der Waals surface area (Å²) in [4.78, 5) is 6.76. The average molecular weight is 502 g/mol. The minimum absolute atomic E-state index is 0.128. The van der Waals surface area contributed by atoms with Crippen LogP contribution < -0.4 is 9.47 Å². The molecule has 1 N–H and O–H groups in total. The van der Waals surface area contributed by atoms with E-state index in [0.717, 1.165) is 36.2 Å². The Hall–Kier alpha value is -3.94. The Balaban J connectivity index is 1.39. The molecule has 1 aliphatic heterocycles. The quantitative estimate of drug-likeness (QED) is 0.391. The van der Waals surface area contributed by atoms with Crippen LogP contribution in [0.5, 0.6) is 11.6 Å². The largest absolute Gasteiger partial charge is 0.489 e. The number of aromatic nitrogens is 5. The summed E-state index contributed by atoms with van der Waals surface area (Å²) in [6, 6.07) is 8.66. The third-order valence-electron chi connectivity index (χ3n) is 6.66. The molecule has 0 spiro atoms. The van der Waals surface area contributed by atoms with E-state index in [1.165, 1.54) is 0 Å². The summed E-state index contributed by atoms with van der Waals surface area (Å²) in [5, 5.41) is 28.8. The lowest BCUT2D eigenvalue weighted by Crippen LogP contribution is -2.27. The molecule has 192 valence electrons. The fourth-order valence-electron chi connectivity index (χ4n) is 4.75. The molecule has 0 amide bonds. The van der Waals surface area contributed by atoms with Gasteiger partial charge < -0.3 is 14.6 Å². The highest BCUT2D eigenvalue weighted by Gasteiger charge is 2.31. The lowest BCUT2D eigenvalue weighted by atomic mass is 10.1. The van der Waals surface area contributed by atoms with Gasteiger partial charge in [-0.25, -0.2) is 9.50 Å². The van der Waals surface area contributed by atoms with Crippen LogP contribution in [0.25, 0.3) is 16.6 Å². The molecule has 10 nitrogen and oxygen atoms in total. The predicted molar refractivity (Wildman–Crippen MR) is 137 cm³/mol. The number of rotatable bonds is 8. The van der Waals surface area contributed by atoms with E-state index in [9.17, 15) is 10.4 Å². The van der Waals surface area contributed by atoms with Crippen molar-refractivity contribution in [2.24, 2.45) is 0 Å². The predicted octanol–water partition coefficient (Wildman–Crippen LogP) is 3.46. The van der Waals surface area contributed by atoms with E-state index in [1.54, 1.807) is 37.9 Å². The van der Waals surface area contributed by atoms with E-state index in [2.05, 4.69) is 34.0 Å². The second-order valence-electron chi connectivity index (χ2n) is 10.2. The summed E-state index contributed by atoms with van der Waals surface area (Å²) in [5.41, 5.74) is 3.03. The van der Waals surface area contributed by atoms with Gasteiger partial charge in [-0.15, -0.1) is 0 Å². The van der Waals surface area contributed by atoms with Crippen molar-refractivity contribution >= 4 is 5.52 Å². The Labute approximate surface area is 215 Å². The van der Waals surface area contributed by atoms with Crippen LogP contribution >= 0.6 is 0 Å². The Bertz CT molecular complexity index is 1430. The summed E-state index contributed by atoms with van der Waals surface area (Å²) >= 11 is 0. The number of fused-ring (bicyclic) bond motifs is 1. The molecule has 0 aliphatic carbocycles. The molecular weight excluding hydrogens is 470 g/mol. The molecule has 0 radical (unpaired) electrons. The van der Waals surface area contributed by atoms with Gasteiger partial charge in [0.1, 0.15) is 18.4 Å². The first kappa shape index (κ1) is 24.7. The van der Waals surface area contributed by atoms with Crippen LogP contribution in [0.1, 0.15) is 44.4 Å². The summed E-state index contributed by atoms with van der Waals surface area (Å²) in [6.07, 6.45) is 9.96. The van der Waals surface area contributed by atoms with Gasteiger partial charge in [0.15, 0.2) is 0 Å². The van der Waals surface area contributed by atoms with Gasteiger partial charge in [0, 0.05) is 48.7 Å². The van der Waals surface area contributed by atoms with Crippen molar-refractivity contribution in [3.05, 3.63) is 60.3 Å². The minimum Gasteiger partial charge on any atom is -0.489 e. The Morgan fingerprint density at radius 3 is 2.73 bits per heavy atom. The first-order valence-corrected chi connectivity index (χ1v) is 12.3. The zero-order valence-electron chi connectivity index (χ0n) is 21.5. The molecule has 1 aliphatic rings. The van der Waals surface area contributed by atoms with Gasteiger partial charge in [0.25, 0.3) is 0 Å². The molecule has 1 fully saturated rings. The molecule has 0 aromatic carbocycles. The number of pyridine rings is 2. The van der Waals surface area contributed by atoms with Gasteiger partial charge in [-0.2, -0.15) is 15.5 Å². The molecule has 37 heavy (non-hydrogen) atoms. The third kappa shape index (κ3) is 5.28. The van der Waals surface area contributed by atoms with Gasteiger partial charge in [0.05, 0.1) is 48.4 Å². The molecule has 0 unspecified atom stereocenters. The van der Waals surface area contributed by atoms with E-state index in [0.29, 0.717) is 28.8 Å². The number of nitriles is 1. The second kappa shape index (κ2) is 9.84. The minimum atomic E-state index is -0.977. The van der Waals surface area contributed by atoms with Gasteiger partial charge in [0.2, 0.25) is 5.88 Å². The highest BCUT2D eigenvalue weighted by Crippen LogP contribution is 2.33. The van der Waals surface area contributed by atoms with Crippen LogP contribution in [-0.4, -0.2) is 66.3 Å². The van der Waals surface area contributed by atoms with Gasteiger partial charge in [-0.1, -0.05) is 6.07 Å². The summed E-state index contributed by atoms with van der Waals surface area (Å²) < 4.78 is 14.7. The number of ether oxygens (including phenoxy) is 2. The molecule has 10 heteroatoms. The fraction of sp³-hybridized carbons (Fsp3) is 0.407. The lowest BCUT2D eigenvalue weighted by Gasteiger charge is -2.20. The molecule has 1 saturated heterocycles. The molecule has 4 aromatic rings. The molecule has 5 rings (SSSR count). The fourth-order valence-corrected chi connectivity index (χ4v) is 4.75. The van der Waals surface area contributed by atoms with Gasteiger partial charge in [-0.05, 0) is 38.8 Å². The van der Waals surface area contributed by atoms with Crippen molar-refractivity contribution in [3.63, 3.8) is 0 Å². The van der Waals surface area contributed by atoms with E-state index < -0.39 is 5.60 Å². The van der Waals surface area contributed by atoms with Crippen molar-refractivity contribution < 1.29 is 14.6 Å². The number of likely N-dealkylation sites (tertiary alicyclic amines) is 1. The zero-order chi connectivity index (χ0) is 26.2. The van der Waals surface area contributed by atoms with Crippen LogP contribution in [0.3, 0.4) is 0 Å². The summed E-state index contributed by atoms with van der Waals surface area (Å²) in [7, 11) is 1.62. The molecule has 2 atom stereocenters. The highest BCUT2D eigenvalue weighted by atomic mass is 16.5. The second-order valence-corrected chi connectivity index (χ2v) is 10.2. The third-order valence-corrected chi connectivity index (χ3v) is 6.66. The van der Waals surface area contributed by atoms with Crippen molar-refractivity contribution in [2.75, 3.05) is 20.3 Å². The van der Waals surface area contributed by atoms with Crippen LogP contribution in [0.4, 0.5) is 0 Å². The highest BCUT2D eigenvalue weighted by molar-refractivity contribution is 5.84. The van der Waals surface area contributed by atoms with Gasteiger partial charge in [-0.3, -0.25) is 9.58 Å². The molecule has 0 saturated carbocycles. The maximum Gasteiger partial charge on any atom is 0.212 e. The van der Waals surface area contributed by atoms with E-state index >= 15 is 0 Å². The Morgan fingerprint density at radius 2 is 2.03 bits per heavy atom. The monoisotopic (exact) mass is 501 g/mol. The van der Waals surface area contributed by atoms with Crippen LogP contribution in [0.15, 0.2) is 49.2 Å². The average Bonchev–Trinajstić information content (AvgIpc) is 3.61. The van der Waals surface area contributed by atoms with E-state index in [4.69, 9.17) is 14.6 Å². The topological polar surface area (TPSA) is 114 Å². The number of aliphatic hydroxyl groups is 1. The zero-order valence-corrected chi connectivity index (χ0v) is 21.5. The number of methoxy groups -OCH3 is 1. The molecule has 4 aromatic heterocycles.